The summed E-state index contributed by atoms with van der Waals surface area (Å²) in [5.41, 5.74) is 0.915. The third-order valence-electron chi connectivity index (χ3n) is 4.52. The molecular weight excluding hydrogens is 451 g/mol. The van der Waals surface area contributed by atoms with Crippen LogP contribution in [0, 0.1) is 0 Å². The highest BCUT2D eigenvalue weighted by Crippen LogP contribution is 2.27. The molecule has 0 spiro atoms. The number of hydrogen-bond donors (Lipinski definition) is 1. The minimum atomic E-state index is -3.50. The monoisotopic (exact) mass is 472 g/mol. The zero-order chi connectivity index (χ0) is 21.6. The summed E-state index contributed by atoms with van der Waals surface area (Å²) < 4.78 is 37.3. The molecule has 2 aromatic carbocycles. The number of ether oxygens (including phenoxy) is 2. The first-order chi connectivity index (χ1) is 14.4. The van der Waals surface area contributed by atoms with Crippen LogP contribution >= 0.6 is 23.2 Å². The Bertz CT molecular complexity index is 977. The van der Waals surface area contributed by atoms with Gasteiger partial charge in [0.2, 0.25) is 10.0 Å². The molecule has 0 aromatic heterocycles. The second-order valence-corrected chi connectivity index (χ2v) is 9.41. The van der Waals surface area contributed by atoms with E-state index in [0.29, 0.717) is 55.1 Å². The lowest BCUT2D eigenvalue weighted by Gasteiger charge is -2.26. The van der Waals surface area contributed by atoms with E-state index in [4.69, 9.17) is 32.7 Å². The maximum atomic E-state index is 12.6. The van der Waals surface area contributed by atoms with Crippen LogP contribution in [-0.4, -0.2) is 58.1 Å². The molecule has 7 nitrogen and oxygen atoms in total. The van der Waals surface area contributed by atoms with Crippen LogP contribution in [-0.2, 0) is 26.0 Å². The second kappa shape index (κ2) is 10.5. The fraction of sp³-hybridized carbons (Fsp3) is 0.350. The first-order valence-corrected chi connectivity index (χ1v) is 11.6. The minimum absolute atomic E-state index is 0.169. The van der Waals surface area contributed by atoms with E-state index in [1.807, 2.05) is 0 Å². The Hall–Kier alpha value is -1.84. The van der Waals surface area contributed by atoms with Crippen molar-refractivity contribution in [1.82, 2.24) is 9.62 Å². The number of hydrogen-bond acceptors (Lipinski definition) is 5. The predicted octanol–water partition coefficient (Wildman–Crippen LogP) is 2.75. The van der Waals surface area contributed by atoms with E-state index in [0.717, 1.165) is 5.56 Å². The first kappa shape index (κ1) is 22.8. The smallest absolute Gasteiger partial charge is 0.257 e. The number of rotatable bonds is 8. The molecule has 1 fully saturated rings. The summed E-state index contributed by atoms with van der Waals surface area (Å²) in [6.45, 7) is 1.76. The summed E-state index contributed by atoms with van der Waals surface area (Å²) in [5.74, 6) is 0.0980. The van der Waals surface area contributed by atoms with Crippen LogP contribution in [0.5, 0.6) is 5.75 Å². The normalized spacial score (nSPS) is 15.0. The van der Waals surface area contributed by atoms with E-state index in [1.54, 1.807) is 42.5 Å². The van der Waals surface area contributed by atoms with Gasteiger partial charge in [-0.2, -0.15) is 4.31 Å². The number of carbonyl (C=O) groups is 1. The summed E-state index contributed by atoms with van der Waals surface area (Å²) in [6, 6.07) is 11.5. The maximum absolute atomic E-state index is 12.6. The second-order valence-electron chi connectivity index (χ2n) is 6.62. The van der Waals surface area contributed by atoms with Crippen LogP contribution in [0.4, 0.5) is 0 Å². The fourth-order valence-electron chi connectivity index (χ4n) is 2.90. The quantitative estimate of drug-likeness (QED) is 0.638. The van der Waals surface area contributed by atoms with Gasteiger partial charge in [0.15, 0.2) is 6.61 Å². The SMILES string of the molecule is O=C(COc1ccc(Cl)cc1Cl)NCCc1ccc(S(=O)(=O)N2CCOCC2)cc1. The number of amides is 1. The van der Waals surface area contributed by atoms with Crippen molar-refractivity contribution >= 4 is 39.1 Å². The molecule has 1 saturated heterocycles. The maximum Gasteiger partial charge on any atom is 0.257 e. The Morgan fingerprint density at radius 1 is 1.10 bits per heavy atom. The van der Waals surface area contributed by atoms with Gasteiger partial charge in [-0.25, -0.2) is 8.42 Å². The average molecular weight is 473 g/mol. The van der Waals surface area contributed by atoms with Crippen molar-refractivity contribution in [2.24, 2.45) is 0 Å². The Labute approximate surface area is 185 Å². The third-order valence-corrected chi connectivity index (χ3v) is 6.96. The Balaban J connectivity index is 1.45. The zero-order valence-electron chi connectivity index (χ0n) is 16.1. The Kier molecular flexibility index (Phi) is 7.96. The molecule has 10 heteroatoms. The fourth-order valence-corrected chi connectivity index (χ4v) is 4.77. The summed E-state index contributed by atoms with van der Waals surface area (Å²) in [6.07, 6.45) is 0.561. The molecule has 0 saturated carbocycles. The Morgan fingerprint density at radius 3 is 2.47 bits per heavy atom. The summed E-state index contributed by atoms with van der Waals surface area (Å²) in [7, 11) is -3.50. The van der Waals surface area contributed by atoms with Crippen molar-refractivity contribution in [2.45, 2.75) is 11.3 Å². The van der Waals surface area contributed by atoms with E-state index >= 15 is 0 Å². The van der Waals surface area contributed by atoms with Crippen LogP contribution in [0.1, 0.15) is 5.56 Å². The van der Waals surface area contributed by atoms with E-state index in [2.05, 4.69) is 5.32 Å². The molecule has 30 heavy (non-hydrogen) atoms. The van der Waals surface area contributed by atoms with Gasteiger partial charge < -0.3 is 14.8 Å². The van der Waals surface area contributed by atoms with Gasteiger partial charge in [-0.15, -0.1) is 0 Å². The van der Waals surface area contributed by atoms with Gasteiger partial charge in [-0.3, -0.25) is 4.79 Å². The molecule has 2 aromatic rings. The van der Waals surface area contributed by atoms with Crippen molar-refractivity contribution in [1.29, 1.82) is 0 Å². The average Bonchev–Trinajstić information content (AvgIpc) is 2.74. The van der Waals surface area contributed by atoms with Crippen LogP contribution in [0.25, 0.3) is 0 Å². The Morgan fingerprint density at radius 2 is 1.80 bits per heavy atom. The van der Waals surface area contributed by atoms with E-state index in [1.165, 1.54) is 4.31 Å². The van der Waals surface area contributed by atoms with Gasteiger partial charge in [0.25, 0.3) is 5.91 Å². The number of halogens is 2. The van der Waals surface area contributed by atoms with E-state index in [-0.39, 0.29) is 17.4 Å². The molecule has 1 amide bonds. The summed E-state index contributed by atoms with van der Waals surface area (Å²) >= 11 is 11.8. The third kappa shape index (κ3) is 6.09. The molecule has 0 radical (unpaired) electrons. The van der Waals surface area contributed by atoms with Crippen molar-refractivity contribution in [3.8, 4) is 5.75 Å². The first-order valence-electron chi connectivity index (χ1n) is 9.37. The van der Waals surface area contributed by atoms with Crippen molar-refractivity contribution in [2.75, 3.05) is 39.5 Å². The lowest BCUT2D eigenvalue weighted by molar-refractivity contribution is -0.123. The topological polar surface area (TPSA) is 84.9 Å². The lowest BCUT2D eigenvalue weighted by atomic mass is 10.1. The predicted molar refractivity (Wildman–Crippen MR) is 115 cm³/mol. The van der Waals surface area contributed by atoms with Crippen LogP contribution in [0.15, 0.2) is 47.4 Å². The lowest BCUT2D eigenvalue weighted by Crippen LogP contribution is -2.40. The van der Waals surface area contributed by atoms with Crippen LogP contribution in [0.3, 0.4) is 0 Å². The van der Waals surface area contributed by atoms with Gasteiger partial charge in [-0.1, -0.05) is 35.3 Å². The molecule has 0 bridgehead atoms. The molecule has 1 N–H and O–H groups in total. The molecular formula is C20H22Cl2N2O5S. The molecule has 0 unspecified atom stereocenters. The molecule has 1 aliphatic heterocycles. The largest absolute Gasteiger partial charge is 0.482 e. The zero-order valence-corrected chi connectivity index (χ0v) is 18.5. The number of sulfonamides is 1. The number of nitrogens with zero attached hydrogens (tertiary/aromatic N) is 1. The van der Waals surface area contributed by atoms with Gasteiger partial charge >= 0.3 is 0 Å². The van der Waals surface area contributed by atoms with Gasteiger partial charge in [0.05, 0.1) is 23.1 Å². The van der Waals surface area contributed by atoms with Gasteiger partial charge in [-0.05, 0) is 42.3 Å². The van der Waals surface area contributed by atoms with Crippen LogP contribution < -0.4 is 10.1 Å². The van der Waals surface area contributed by atoms with E-state index < -0.39 is 10.0 Å². The van der Waals surface area contributed by atoms with Crippen molar-refractivity contribution in [3.63, 3.8) is 0 Å². The molecule has 1 aliphatic rings. The van der Waals surface area contributed by atoms with Crippen molar-refractivity contribution in [3.05, 3.63) is 58.1 Å². The van der Waals surface area contributed by atoms with Gasteiger partial charge in [0.1, 0.15) is 5.75 Å². The number of nitrogens with one attached hydrogen (secondary N) is 1. The minimum Gasteiger partial charge on any atom is -0.482 e. The highest BCUT2D eigenvalue weighted by molar-refractivity contribution is 7.89. The number of benzene rings is 2. The van der Waals surface area contributed by atoms with Gasteiger partial charge in [0, 0.05) is 24.7 Å². The molecule has 3 rings (SSSR count). The number of morpholine rings is 1. The molecule has 162 valence electrons. The van der Waals surface area contributed by atoms with Crippen molar-refractivity contribution < 1.29 is 22.7 Å². The summed E-state index contributed by atoms with van der Waals surface area (Å²) in [4.78, 5) is 12.2. The standard InChI is InChI=1S/C20H22Cl2N2O5S/c21-16-3-6-19(18(22)13-16)29-14-20(25)23-8-7-15-1-4-17(5-2-15)30(26,27)24-9-11-28-12-10-24/h1-6,13H,7-12,14H2,(H,23,25). The molecule has 1 heterocycles. The molecule has 0 aliphatic carbocycles. The summed E-state index contributed by atoms with van der Waals surface area (Å²) in [5, 5.41) is 3.58. The van der Waals surface area contributed by atoms with Crippen LogP contribution in [0.2, 0.25) is 10.0 Å². The molecule has 0 atom stereocenters. The highest BCUT2D eigenvalue weighted by atomic mass is 35.5. The van der Waals surface area contributed by atoms with E-state index in [9.17, 15) is 13.2 Å². The highest BCUT2D eigenvalue weighted by Gasteiger charge is 2.26. The number of carbonyl (C=O) groups excluding carboxylic acids is 1.